The number of aromatic hydroxyl groups is 1. The van der Waals surface area contributed by atoms with Crippen LogP contribution in [0.4, 0.5) is 0 Å². The summed E-state index contributed by atoms with van der Waals surface area (Å²) >= 11 is 6.08. The molecule has 2 fully saturated rings. The van der Waals surface area contributed by atoms with Crippen LogP contribution in [0.25, 0.3) is 5.76 Å². The Hall–Kier alpha value is -3.27. The van der Waals surface area contributed by atoms with Gasteiger partial charge >= 0.3 is 0 Å². The molecule has 0 bridgehead atoms. The molecule has 0 unspecified atom stereocenters. The van der Waals surface area contributed by atoms with Crippen LogP contribution in [0.1, 0.15) is 23.6 Å². The van der Waals surface area contributed by atoms with Crippen molar-refractivity contribution in [2.45, 2.75) is 12.5 Å². The molecule has 10 heteroatoms. The molecule has 2 N–H and O–H groups in total. The molecule has 0 saturated carbocycles. The highest BCUT2D eigenvalue weighted by molar-refractivity contribution is 6.46. The summed E-state index contributed by atoms with van der Waals surface area (Å²) in [5.74, 6) is -1.42. The minimum atomic E-state index is -0.895. The van der Waals surface area contributed by atoms with Gasteiger partial charge in [-0.25, -0.2) is 0 Å². The van der Waals surface area contributed by atoms with Crippen LogP contribution in [0, 0.1) is 0 Å². The van der Waals surface area contributed by atoms with Crippen LogP contribution in [0.3, 0.4) is 0 Å². The van der Waals surface area contributed by atoms with Gasteiger partial charge in [0, 0.05) is 31.2 Å². The summed E-state index contributed by atoms with van der Waals surface area (Å²) in [5.41, 5.74) is 0.400. The van der Waals surface area contributed by atoms with E-state index in [0.717, 1.165) is 19.6 Å². The lowest BCUT2D eigenvalue weighted by Gasteiger charge is -2.29. The molecule has 192 valence electrons. The van der Waals surface area contributed by atoms with Gasteiger partial charge < -0.3 is 29.3 Å². The van der Waals surface area contributed by atoms with Crippen LogP contribution in [0.15, 0.2) is 42.0 Å². The van der Waals surface area contributed by atoms with E-state index in [1.807, 2.05) is 0 Å². The number of morpholine rings is 1. The van der Waals surface area contributed by atoms with Gasteiger partial charge in [0.05, 0.1) is 44.6 Å². The van der Waals surface area contributed by atoms with Crippen molar-refractivity contribution in [2.24, 2.45) is 0 Å². The number of hydrogen-bond donors (Lipinski definition) is 2. The summed E-state index contributed by atoms with van der Waals surface area (Å²) in [7, 11) is 3.00. The predicted molar refractivity (Wildman–Crippen MR) is 134 cm³/mol. The first-order valence-corrected chi connectivity index (χ1v) is 12.0. The van der Waals surface area contributed by atoms with E-state index < -0.39 is 23.5 Å². The number of nitrogens with zero attached hydrogens (tertiary/aromatic N) is 2. The number of likely N-dealkylation sites (tertiary alicyclic amines) is 1. The number of benzene rings is 2. The number of amides is 1. The van der Waals surface area contributed by atoms with Crippen LogP contribution >= 0.6 is 11.6 Å². The molecule has 36 heavy (non-hydrogen) atoms. The number of phenols is 1. The second-order valence-corrected chi connectivity index (χ2v) is 9.01. The fraction of sp³-hybridized carbons (Fsp3) is 0.385. The quantitative estimate of drug-likeness (QED) is 0.313. The number of rotatable bonds is 8. The molecular weight excluding hydrogens is 488 g/mol. The molecule has 0 aliphatic carbocycles. The number of ether oxygens (including phenoxy) is 3. The summed E-state index contributed by atoms with van der Waals surface area (Å²) in [6.45, 7) is 3.98. The highest BCUT2D eigenvalue weighted by Crippen LogP contribution is 2.43. The normalized spacial score (nSPS) is 20.1. The molecule has 9 nitrogen and oxygen atoms in total. The maximum Gasteiger partial charge on any atom is 0.295 e. The van der Waals surface area contributed by atoms with Gasteiger partial charge in [-0.2, -0.15) is 0 Å². The number of phenolic OH excluding ortho intramolecular Hbond substituents is 1. The number of carbonyl (C=O) groups excluding carboxylic acids is 2. The van der Waals surface area contributed by atoms with Gasteiger partial charge in [0.15, 0.2) is 11.5 Å². The van der Waals surface area contributed by atoms with Crippen LogP contribution in [0.5, 0.6) is 17.2 Å². The minimum absolute atomic E-state index is 0.0284. The van der Waals surface area contributed by atoms with Crippen molar-refractivity contribution in [3.05, 3.63) is 58.1 Å². The number of aliphatic hydroxyl groups is 1. The molecule has 2 aromatic carbocycles. The zero-order valence-electron chi connectivity index (χ0n) is 20.2. The van der Waals surface area contributed by atoms with Crippen molar-refractivity contribution in [2.75, 3.05) is 53.6 Å². The van der Waals surface area contributed by atoms with Crippen LogP contribution in [-0.2, 0) is 14.3 Å². The Kier molecular flexibility index (Phi) is 8.03. The molecule has 0 aromatic heterocycles. The van der Waals surface area contributed by atoms with Crippen LogP contribution in [-0.4, -0.2) is 85.3 Å². The number of ketones is 1. The van der Waals surface area contributed by atoms with Crippen molar-refractivity contribution in [3.8, 4) is 17.2 Å². The van der Waals surface area contributed by atoms with Gasteiger partial charge in [-0.15, -0.1) is 0 Å². The first kappa shape index (κ1) is 25.8. The zero-order valence-corrected chi connectivity index (χ0v) is 21.0. The first-order chi connectivity index (χ1) is 17.3. The van der Waals surface area contributed by atoms with E-state index in [1.54, 1.807) is 18.2 Å². The Morgan fingerprint density at radius 1 is 1.06 bits per heavy atom. The molecule has 2 aromatic rings. The van der Waals surface area contributed by atoms with Gasteiger partial charge in [-0.1, -0.05) is 17.7 Å². The average Bonchev–Trinajstić information content (AvgIpc) is 3.15. The van der Waals surface area contributed by atoms with E-state index in [1.165, 1.54) is 37.3 Å². The number of methoxy groups -OCH3 is 2. The third-order valence-electron chi connectivity index (χ3n) is 6.45. The third kappa shape index (κ3) is 5.13. The standard InChI is InChI=1S/C26H29ClN2O7/c1-34-20-7-4-16(14-21(20)35-2)23-22(24(31)18-15-17(27)5-6-19(18)30)25(32)26(33)29(23)9-3-8-28-10-12-36-13-11-28/h4-7,14-15,23,30-31H,3,8-13H2,1-2H3/t23-/m0/s1. The van der Waals surface area contributed by atoms with Gasteiger partial charge in [0.1, 0.15) is 11.5 Å². The molecule has 4 rings (SSSR count). The summed E-state index contributed by atoms with van der Waals surface area (Å²) in [6, 6.07) is 8.31. The highest BCUT2D eigenvalue weighted by Gasteiger charge is 2.46. The lowest BCUT2D eigenvalue weighted by atomic mass is 9.94. The number of hydrogen-bond acceptors (Lipinski definition) is 8. The van der Waals surface area contributed by atoms with Crippen molar-refractivity contribution < 1.29 is 34.0 Å². The summed E-state index contributed by atoms with van der Waals surface area (Å²) in [5, 5.41) is 21.8. The van der Waals surface area contributed by atoms with Gasteiger partial charge in [0.2, 0.25) is 0 Å². The number of aliphatic hydroxyl groups excluding tert-OH is 1. The fourth-order valence-electron chi connectivity index (χ4n) is 4.61. The van der Waals surface area contributed by atoms with E-state index in [4.69, 9.17) is 25.8 Å². The van der Waals surface area contributed by atoms with E-state index in [0.29, 0.717) is 43.2 Å². The Labute approximate surface area is 214 Å². The van der Waals surface area contributed by atoms with Crippen LogP contribution in [0.2, 0.25) is 5.02 Å². The van der Waals surface area contributed by atoms with Gasteiger partial charge in [0.25, 0.3) is 11.7 Å². The molecule has 1 amide bonds. The van der Waals surface area contributed by atoms with Crippen molar-refractivity contribution >= 4 is 29.1 Å². The Balaban J connectivity index is 1.75. The maximum atomic E-state index is 13.2. The second-order valence-electron chi connectivity index (χ2n) is 8.58. The second kappa shape index (κ2) is 11.2. The number of carbonyl (C=O) groups is 2. The lowest BCUT2D eigenvalue weighted by Crippen LogP contribution is -2.38. The maximum absolute atomic E-state index is 13.2. The first-order valence-electron chi connectivity index (χ1n) is 11.6. The third-order valence-corrected chi connectivity index (χ3v) is 6.69. The molecule has 2 aliphatic heterocycles. The molecule has 2 heterocycles. The van der Waals surface area contributed by atoms with Crippen molar-refractivity contribution in [1.82, 2.24) is 9.80 Å². The number of halogens is 1. The monoisotopic (exact) mass is 516 g/mol. The molecule has 2 aliphatic rings. The van der Waals surface area contributed by atoms with Crippen molar-refractivity contribution in [3.63, 3.8) is 0 Å². The van der Waals surface area contributed by atoms with E-state index in [9.17, 15) is 19.8 Å². The van der Waals surface area contributed by atoms with E-state index in [-0.39, 0.29) is 21.9 Å². The van der Waals surface area contributed by atoms with Crippen molar-refractivity contribution in [1.29, 1.82) is 0 Å². The largest absolute Gasteiger partial charge is 0.507 e. The SMILES string of the molecule is COc1ccc([C@H]2C(=C(O)c3cc(Cl)ccc3O)C(=O)C(=O)N2CCCN2CCOCC2)cc1OC. The summed E-state index contributed by atoms with van der Waals surface area (Å²) in [6.07, 6.45) is 0.624. The predicted octanol–water partition coefficient (Wildman–Crippen LogP) is 3.21. The Morgan fingerprint density at radius 3 is 2.47 bits per heavy atom. The molecule has 0 radical (unpaired) electrons. The zero-order chi connectivity index (χ0) is 25.8. The number of Topliss-reactive ketones (excluding diaryl/α,β-unsaturated/α-hetero) is 1. The molecule has 1 atom stereocenters. The van der Waals surface area contributed by atoms with E-state index >= 15 is 0 Å². The fourth-order valence-corrected chi connectivity index (χ4v) is 4.78. The smallest absolute Gasteiger partial charge is 0.295 e. The van der Waals surface area contributed by atoms with Gasteiger partial charge in [-0.05, 0) is 42.3 Å². The van der Waals surface area contributed by atoms with E-state index in [2.05, 4.69) is 4.90 Å². The van der Waals surface area contributed by atoms with Gasteiger partial charge in [-0.3, -0.25) is 14.5 Å². The molecule has 2 saturated heterocycles. The molecule has 0 spiro atoms. The summed E-state index contributed by atoms with van der Waals surface area (Å²) in [4.78, 5) is 30.1. The van der Waals surface area contributed by atoms with Crippen LogP contribution < -0.4 is 9.47 Å². The highest BCUT2D eigenvalue weighted by atomic mass is 35.5. The Morgan fingerprint density at radius 2 is 1.78 bits per heavy atom. The molecular formula is C26H29ClN2O7. The average molecular weight is 517 g/mol. The topological polar surface area (TPSA) is 109 Å². The summed E-state index contributed by atoms with van der Waals surface area (Å²) < 4.78 is 16.2. The Bertz CT molecular complexity index is 1180. The lowest BCUT2D eigenvalue weighted by molar-refractivity contribution is -0.140. The minimum Gasteiger partial charge on any atom is -0.507 e.